The van der Waals surface area contributed by atoms with Gasteiger partial charge in [0.2, 0.25) is 13.5 Å². The number of piperidine rings is 1. The summed E-state index contributed by atoms with van der Waals surface area (Å²) in [5.41, 5.74) is 2.44. The summed E-state index contributed by atoms with van der Waals surface area (Å²) in [5.74, 6) is 0.318. The zero-order chi connectivity index (χ0) is 32.2. The first-order valence-electron chi connectivity index (χ1n) is 14.7. The van der Waals surface area contributed by atoms with Crippen LogP contribution in [0.25, 0.3) is 0 Å². The van der Waals surface area contributed by atoms with Gasteiger partial charge in [0.1, 0.15) is 0 Å². The maximum atomic E-state index is 13.3. The Morgan fingerprint density at radius 1 is 0.933 bits per heavy atom. The first-order chi connectivity index (χ1) is 21.8. The largest absolute Gasteiger partial charge is 0.443 e. The van der Waals surface area contributed by atoms with E-state index in [4.69, 9.17) is 31.5 Å². The highest BCUT2D eigenvalue weighted by molar-refractivity contribution is 7.78. The molecule has 0 radical (unpaired) electrons. The number of nitrogens with zero attached hydrogens (tertiary/aromatic N) is 4. The molecule has 5 rings (SSSR count). The molecule has 4 atom stereocenters. The van der Waals surface area contributed by atoms with Crippen molar-refractivity contribution in [3.63, 3.8) is 0 Å². The Kier molecular flexibility index (Phi) is 13.8. The molecule has 0 aliphatic carbocycles. The van der Waals surface area contributed by atoms with Gasteiger partial charge in [-0.3, -0.25) is 14.1 Å². The van der Waals surface area contributed by atoms with Gasteiger partial charge in [-0.2, -0.15) is 4.98 Å². The second-order valence-corrected chi connectivity index (χ2v) is 14.2. The lowest BCUT2D eigenvalue weighted by Crippen LogP contribution is -2.55. The Bertz CT molecular complexity index is 1410. The molecule has 45 heavy (non-hydrogen) atoms. The molecule has 4 aromatic rings. The fraction of sp³-hybridized carbons (Fsp3) is 0.333. The summed E-state index contributed by atoms with van der Waals surface area (Å²) in [6.45, 7) is 1.81. The average Bonchev–Trinajstić information content (AvgIpc) is 3.06. The van der Waals surface area contributed by atoms with Gasteiger partial charge in [-0.05, 0) is 68.5 Å². The van der Waals surface area contributed by atoms with E-state index in [1.807, 2.05) is 51.1 Å². The molecule has 1 saturated heterocycles. The maximum Gasteiger partial charge on any atom is 0.351 e. The van der Waals surface area contributed by atoms with Crippen molar-refractivity contribution < 1.29 is 9.05 Å². The third kappa shape index (κ3) is 8.71. The van der Waals surface area contributed by atoms with Crippen molar-refractivity contribution >= 4 is 38.3 Å². The van der Waals surface area contributed by atoms with Crippen LogP contribution in [0.15, 0.2) is 108 Å². The van der Waals surface area contributed by atoms with Crippen molar-refractivity contribution in [1.29, 1.82) is 0 Å². The zero-order valence-electron chi connectivity index (χ0n) is 26.0. The molecule has 1 fully saturated rings. The van der Waals surface area contributed by atoms with E-state index in [0.717, 1.165) is 29.7 Å². The minimum atomic E-state index is -1.24. The van der Waals surface area contributed by atoms with Crippen LogP contribution in [0.1, 0.15) is 29.2 Å². The van der Waals surface area contributed by atoms with Crippen molar-refractivity contribution in [3.8, 4) is 5.88 Å². The van der Waals surface area contributed by atoms with Crippen LogP contribution >= 0.6 is 38.3 Å². The summed E-state index contributed by atoms with van der Waals surface area (Å²) in [6.07, 6.45) is 2.49. The number of aromatic nitrogens is 2. The summed E-state index contributed by atoms with van der Waals surface area (Å²) >= 11 is 12.3. The molecule has 0 spiro atoms. The van der Waals surface area contributed by atoms with E-state index in [-0.39, 0.29) is 31.7 Å². The standard InChI is InChI=1S/C31H34Cl2N4O3P2.C2H7N/c1-35(2)42(33)39-23-24-20-28(37-19-18-29(40-41-32)34-30(37)38)22-36(21-24)31(25-12-6-3-7-13-25,26-14-8-4-9-15-26)27-16-10-5-11-17-27;1-3-2/h3-19,24,28,41H,20-23H2,1-2H3;3H,1-2H3. The highest BCUT2D eigenvalue weighted by Crippen LogP contribution is 2.48. The van der Waals surface area contributed by atoms with Crippen LogP contribution in [0.3, 0.4) is 0 Å². The molecule has 0 saturated carbocycles. The molecular weight excluding hydrogens is 647 g/mol. The van der Waals surface area contributed by atoms with Gasteiger partial charge >= 0.3 is 5.69 Å². The Morgan fingerprint density at radius 3 is 1.89 bits per heavy atom. The molecule has 1 aliphatic rings. The molecule has 2 heterocycles. The van der Waals surface area contributed by atoms with E-state index in [1.165, 1.54) is 0 Å². The minimum absolute atomic E-state index is 0.0927. The van der Waals surface area contributed by atoms with E-state index >= 15 is 0 Å². The predicted octanol–water partition coefficient (Wildman–Crippen LogP) is 7.10. The lowest BCUT2D eigenvalue weighted by molar-refractivity contribution is 0.0432. The van der Waals surface area contributed by atoms with Crippen molar-refractivity contribution in [2.75, 3.05) is 47.9 Å². The van der Waals surface area contributed by atoms with Crippen LogP contribution < -0.4 is 15.5 Å². The second kappa shape index (κ2) is 17.5. The summed E-state index contributed by atoms with van der Waals surface area (Å²) in [7, 11) is 6.02. The number of rotatable bonds is 11. The Balaban J connectivity index is 0.00000148. The average molecular weight is 689 g/mol. The zero-order valence-corrected chi connectivity index (χ0v) is 29.4. The summed E-state index contributed by atoms with van der Waals surface area (Å²) in [6, 6.07) is 33.3. The van der Waals surface area contributed by atoms with E-state index in [9.17, 15) is 4.79 Å². The first kappa shape index (κ1) is 35.5. The van der Waals surface area contributed by atoms with Gasteiger partial charge in [0.25, 0.3) is 0 Å². The van der Waals surface area contributed by atoms with E-state index in [1.54, 1.807) is 16.8 Å². The Hall–Kier alpha value is -2.38. The molecule has 1 N–H and O–H groups in total. The third-order valence-electron chi connectivity index (χ3n) is 7.64. The van der Waals surface area contributed by atoms with Gasteiger partial charge in [0, 0.05) is 25.4 Å². The molecule has 1 aliphatic heterocycles. The lowest BCUT2D eigenvalue weighted by atomic mass is 9.73. The molecule has 240 valence electrons. The molecule has 0 bridgehead atoms. The highest BCUT2D eigenvalue weighted by atomic mass is 35.7. The highest BCUT2D eigenvalue weighted by Gasteiger charge is 2.46. The smallest absolute Gasteiger partial charge is 0.351 e. The second-order valence-electron chi connectivity index (χ2n) is 11.0. The predicted molar refractivity (Wildman–Crippen MR) is 189 cm³/mol. The number of likely N-dealkylation sites (tertiary alicyclic amines) is 1. The molecule has 1 aromatic heterocycles. The van der Waals surface area contributed by atoms with Crippen molar-refractivity contribution in [1.82, 2.24) is 24.4 Å². The lowest BCUT2D eigenvalue weighted by Gasteiger charge is -2.51. The van der Waals surface area contributed by atoms with Gasteiger partial charge in [-0.25, -0.2) is 4.79 Å². The van der Waals surface area contributed by atoms with E-state index in [2.05, 4.69) is 88.0 Å². The number of halogens is 2. The topological polar surface area (TPSA) is 71.9 Å². The van der Waals surface area contributed by atoms with E-state index < -0.39 is 13.2 Å². The summed E-state index contributed by atoms with van der Waals surface area (Å²) in [4.78, 5) is 20.0. The van der Waals surface area contributed by atoms with E-state index in [0.29, 0.717) is 13.2 Å². The van der Waals surface area contributed by atoms with Crippen molar-refractivity contribution in [2.24, 2.45) is 5.92 Å². The number of benzene rings is 3. The normalized spacial score (nSPS) is 18.0. The van der Waals surface area contributed by atoms with Crippen LogP contribution in [0.2, 0.25) is 0 Å². The number of hydrogen-bond acceptors (Lipinski definition) is 7. The summed E-state index contributed by atoms with van der Waals surface area (Å²) in [5, 5.41) is 2.75. The molecule has 8 nitrogen and oxygen atoms in total. The Morgan fingerprint density at radius 2 is 1.44 bits per heavy atom. The van der Waals surface area contributed by atoms with Gasteiger partial charge in [0.15, 0.2) is 8.16 Å². The van der Waals surface area contributed by atoms with Crippen LogP contribution in [0, 0.1) is 5.92 Å². The van der Waals surface area contributed by atoms with Crippen LogP contribution in [0.5, 0.6) is 5.88 Å². The SMILES string of the molecule is CN(C)P(Cl)OCC1CC(n2ccc(OPCl)nc2=O)CN(C(c2ccccc2)(c2ccccc2)c2ccccc2)C1.CNC. The van der Waals surface area contributed by atoms with Crippen LogP contribution in [-0.2, 0) is 10.1 Å². The first-order valence-corrected chi connectivity index (χ1v) is 18.8. The van der Waals surface area contributed by atoms with Gasteiger partial charge < -0.3 is 14.4 Å². The minimum Gasteiger partial charge on any atom is -0.443 e. The molecule has 4 unspecified atom stereocenters. The molecule has 3 aromatic carbocycles. The molecule has 12 heteroatoms. The van der Waals surface area contributed by atoms with Crippen LogP contribution in [0.4, 0.5) is 0 Å². The van der Waals surface area contributed by atoms with Gasteiger partial charge in [-0.1, -0.05) is 102 Å². The molecular formula is C33H41Cl2N5O3P2. The number of hydrogen-bond donors (Lipinski definition) is 1. The third-order valence-corrected chi connectivity index (χ3v) is 10.3. The summed E-state index contributed by atoms with van der Waals surface area (Å²) < 4.78 is 15.1. The van der Waals surface area contributed by atoms with Gasteiger partial charge in [-0.15, -0.1) is 0 Å². The quantitative estimate of drug-likeness (QED) is 0.133. The Labute approximate surface area is 279 Å². The van der Waals surface area contributed by atoms with Crippen molar-refractivity contribution in [3.05, 3.63) is 130 Å². The fourth-order valence-electron chi connectivity index (χ4n) is 5.91. The monoisotopic (exact) mass is 687 g/mol. The van der Waals surface area contributed by atoms with Gasteiger partial charge in [0.05, 0.1) is 18.2 Å². The number of nitrogens with one attached hydrogen (secondary N) is 1. The van der Waals surface area contributed by atoms with Crippen molar-refractivity contribution in [2.45, 2.75) is 18.0 Å². The maximum absolute atomic E-state index is 13.3. The van der Waals surface area contributed by atoms with Crippen LogP contribution in [-0.4, -0.2) is 67.0 Å². The molecule has 0 amide bonds. The fourth-order valence-corrected chi connectivity index (χ4v) is 7.07.